The molecule has 0 radical (unpaired) electrons. The van der Waals surface area contributed by atoms with Gasteiger partial charge in [-0.1, -0.05) is 13.8 Å². The van der Waals surface area contributed by atoms with Gasteiger partial charge in [-0.15, -0.1) is 0 Å². The first-order chi connectivity index (χ1) is 6.99. The Labute approximate surface area is 92.0 Å². The van der Waals surface area contributed by atoms with Crippen LogP contribution in [0.1, 0.15) is 27.2 Å². The highest BCUT2D eigenvalue weighted by Gasteiger charge is 2.19. The molecule has 0 aromatic carbocycles. The Morgan fingerprint density at radius 3 is 2.33 bits per heavy atom. The number of halogens is 2. The van der Waals surface area contributed by atoms with Crippen molar-refractivity contribution in [2.75, 3.05) is 26.7 Å². The predicted octanol–water partition coefficient (Wildman–Crippen LogP) is 2.21. The Bertz CT molecular complexity index is 154. The van der Waals surface area contributed by atoms with Gasteiger partial charge in [0.15, 0.2) is 0 Å². The zero-order chi connectivity index (χ0) is 11.8. The summed E-state index contributed by atoms with van der Waals surface area (Å²) in [5, 5.41) is 3.31. The number of alkyl halides is 2. The van der Waals surface area contributed by atoms with Crippen LogP contribution in [0.25, 0.3) is 0 Å². The van der Waals surface area contributed by atoms with Gasteiger partial charge in [0.25, 0.3) is 6.43 Å². The van der Waals surface area contributed by atoms with Crippen molar-refractivity contribution in [3.63, 3.8) is 0 Å². The van der Waals surface area contributed by atoms with Crippen LogP contribution >= 0.6 is 0 Å². The van der Waals surface area contributed by atoms with Crippen LogP contribution in [0.15, 0.2) is 0 Å². The van der Waals surface area contributed by atoms with E-state index < -0.39 is 6.43 Å². The molecular formula is C11H24F2N2. The number of nitrogens with zero attached hydrogens (tertiary/aromatic N) is 1. The van der Waals surface area contributed by atoms with E-state index in [0.717, 1.165) is 19.5 Å². The van der Waals surface area contributed by atoms with Crippen molar-refractivity contribution in [3.05, 3.63) is 0 Å². The zero-order valence-corrected chi connectivity index (χ0v) is 10.3. The zero-order valence-electron chi connectivity index (χ0n) is 10.3. The Hall–Kier alpha value is -0.220. The van der Waals surface area contributed by atoms with E-state index in [4.69, 9.17) is 0 Å². The Balaban J connectivity index is 3.79. The highest BCUT2D eigenvalue weighted by Crippen LogP contribution is 2.10. The highest BCUT2D eigenvalue weighted by molar-refractivity contribution is 4.72. The van der Waals surface area contributed by atoms with Gasteiger partial charge in [-0.25, -0.2) is 8.78 Å². The minimum Gasteiger partial charge on any atom is -0.316 e. The first kappa shape index (κ1) is 14.8. The molecule has 92 valence electrons. The minimum atomic E-state index is -2.24. The maximum Gasteiger partial charge on any atom is 0.251 e. The second-order valence-electron chi connectivity index (χ2n) is 4.25. The van der Waals surface area contributed by atoms with Crippen LogP contribution in [-0.4, -0.2) is 44.0 Å². The molecule has 0 spiro atoms. The van der Waals surface area contributed by atoms with Crippen LogP contribution in [0.4, 0.5) is 8.78 Å². The molecule has 0 amide bonds. The maximum absolute atomic E-state index is 12.2. The second-order valence-corrected chi connectivity index (χ2v) is 4.25. The molecule has 0 aliphatic heterocycles. The minimum absolute atomic E-state index is 0.140. The molecule has 2 unspecified atom stereocenters. The summed E-state index contributed by atoms with van der Waals surface area (Å²) in [6.07, 6.45) is -1.14. The van der Waals surface area contributed by atoms with Gasteiger partial charge in [0.2, 0.25) is 0 Å². The van der Waals surface area contributed by atoms with Gasteiger partial charge >= 0.3 is 0 Å². The van der Waals surface area contributed by atoms with Crippen molar-refractivity contribution < 1.29 is 8.78 Å². The standard InChI is InChI=1S/C11H24F2N2/c1-5-6-14-7-9(2)10(3)15(4)8-11(12)13/h9-11,14H,5-8H2,1-4H3. The van der Waals surface area contributed by atoms with Crippen molar-refractivity contribution in [2.24, 2.45) is 5.92 Å². The molecule has 0 aromatic heterocycles. The van der Waals surface area contributed by atoms with Crippen LogP contribution < -0.4 is 5.32 Å². The first-order valence-electron chi connectivity index (χ1n) is 5.68. The summed E-state index contributed by atoms with van der Waals surface area (Å²) in [5.41, 5.74) is 0. The lowest BCUT2D eigenvalue weighted by molar-refractivity contribution is 0.0716. The average Bonchev–Trinajstić information content (AvgIpc) is 2.15. The molecule has 2 nitrogen and oxygen atoms in total. The lowest BCUT2D eigenvalue weighted by atomic mass is 10.0. The summed E-state index contributed by atoms with van der Waals surface area (Å²) >= 11 is 0. The monoisotopic (exact) mass is 222 g/mol. The molecule has 1 N–H and O–H groups in total. The Kier molecular flexibility index (Phi) is 7.88. The summed E-state index contributed by atoms with van der Waals surface area (Å²) in [7, 11) is 1.76. The molecule has 0 heterocycles. The maximum atomic E-state index is 12.2. The van der Waals surface area contributed by atoms with Crippen LogP contribution in [-0.2, 0) is 0 Å². The van der Waals surface area contributed by atoms with Gasteiger partial charge in [0.05, 0.1) is 6.54 Å². The number of hydrogen-bond donors (Lipinski definition) is 1. The summed E-state index contributed by atoms with van der Waals surface area (Å²) in [5.74, 6) is 0.389. The molecule has 0 aliphatic carbocycles. The molecule has 0 aromatic rings. The molecule has 0 bridgehead atoms. The molecule has 0 aliphatic rings. The van der Waals surface area contributed by atoms with E-state index in [1.807, 2.05) is 6.92 Å². The van der Waals surface area contributed by atoms with Crippen molar-refractivity contribution in [1.29, 1.82) is 0 Å². The first-order valence-corrected chi connectivity index (χ1v) is 5.68. The van der Waals surface area contributed by atoms with Crippen molar-refractivity contribution in [1.82, 2.24) is 10.2 Å². The summed E-state index contributed by atoms with van der Waals surface area (Å²) in [4.78, 5) is 1.73. The lowest BCUT2D eigenvalue weighted by Crippen LogP contribution is -2.41. The fraction of sp³-hybridized carbons (Fsp3) is 1.00. The molecule has 15 heavy (non-hydrogen) atoms. The van der Waals surface area contributed by atoms with E-state index in [9.17, 15) is 8.78 Å². The highest BCUT2D eigenvalue weighted by atomic mass is 19.3. The van der Waals surface area contributed by atoms with Crippen LogP contribution in [0.3, 0.4) is 0 Å². The third-order valence-corrected chi connectivity index (χ3v) is 2.84. The number of nitrogens with one attached hydrogen (secondary N) is 1. The van der Waals surface area contributed by atoms with Crippen LogP contribution in [0.2, 0.25) is 0 Å². The van der Waals surface area contributed by atoms with Gasteiger partial charge in [-0.3, -0.25) is 4.90 Å². The molecule has 0 saturated carbocycles. The summed E-state index contributed by atoms with van der Waals surface area (Å²) in [6.45, 7) is 7.96. The summed E-state index contributed by atoms with van der Waals surface area (Å²) in [6, 6.07) is 0.184. The van der Waals surface area contributed by atoms with E-state index in [1.54, 1.807) is 11.9 Å². The topological polar surface area (TPSA) is 15.3 Å². The van der Waals surface area contributed by atoms with Crippen molar-refractivity contribution in [2.45, 2.75) is 39.7 Å². The molecule has 0 fully saturated rings. The molecule has 0 rings (SSSR count). The SMILES string of the molecule is CCCNCC(C)C(C)N(C)CC(F)F. The van der Waals surface area contributed by atoms with E-state index in [2.05, 4.69) is 19.2 Å². The number of rotatable bonds is 8. The second kappa shape index (κ2) is 7.99. The molecule has 4 heteroatoms. The Morgan fingerprint density at radius 1 is 1.27 bits per heavy atom. The quantitative estimate of drug-likeness (QED) is 0.633. The Morgan fingerprint density at radius 2 is 1.87 bits per heavy atom. The third kappa shape index (κ3) is 6.79. The number of hydrogen-bond acceptors (Lipinski definition) is 2. The van der Waals surface area contributed by atoms with Gasteiger partial charge in [0, 0.05) is 6.04 Å². The van der Waals surface area contributed by atoms with Crippen molar-refractivity contribution >= 4 is 0 Å². The van der Waals surface area contributed by atoms with Gasteiger partial charge in [-0.2, -0.15) is 0 Å². The fourth-order valence-electron chi connectivity index (χ4n) is 1.50. The normalized spacial score (nSPS) is 16.0. The molecule has 2 atom stereocenters. The smallest absolute Gasteiger partial charge is 0.251 e. The van der Waals surface area contributed by atoms with E-state index in [-0.39, 0.29) is 12.6 Å². The molecule has 0 saturated heterocycles. The van der Waals surface area contributed by atoms with Gasteiger partial charge in [0.1, 0.15) is 0 Å². The van der Waals surface area contributed by atoms with E-state index in [1.165, 1.54) is 0 Å². The average molecular weight is 222 g/mol. The lowest BCUT2D eigenvalue weighted by Gasteiger charge is -2.29. The van der Waals surface area contributed by atoms with E-state index in [0.29, 0.717) is 5.92 Å². The molecular weight excluding hydrogens is 198 g/mol. The van der Waals surface area contributed by atoms with Crippen molar-refractivity contribution in [3.8, 4) is 0 Å². The van der Waals surface area contributed by atoms with Gasteiger partial charge < -0.3 is 5.32 Å². The summed E-state index contributed by atoms with van der Waals surface area (Å²) < 4.78 is 24.3. The van der Waals surface area contributed by atoms with Gasteiger partial charge in [-0.05, 0) is 39.4 Å². The van der Waals surface area contributed by atoms with E-state index >= 15 is 0 Å². The predicted molar refractivity (Wildman–Crippen MR) is 60.4 cm³/mol. The van der Waals surface area contributed by atoms with Crippen LogP contribution in [0, 0.1) is 5.92 Å². The third-order valence-electron chi connectivity index (χ3n) is 2.84. The largest absolute Gasteiger partial charge is 0.316 e. The van der Waals surface area contributed by atoms with Crippen LogP contribution in [0.5, 0.6) is 0 Å². The fourth-order valence-corrected chi connectivity index (χ4v) is 1.50.